The van der Waals surface area contributed by atoms with Gasteiger partial charge in [0.1, 0.15) is 0 Å². The number of aromatic nitrogens is 2. The third-order valence-corrected chi connectivity index (χ3v) is 6.53. The van der Waals surface area contributed by atoms with Crippen molar-refractivity contribution in [1.29, 1.82) is 0 Å². The topological polar surface area (TPSA) is 67.7 Å². The highest BCUT2D eigenvalue weighted by Gasteiger charge is 2.38. The van der Waals surface area contributed by atoms with Crippen LogP contribution in [-0.2, 0) is 18.3 Å². The average Bonchev–Trinajstić information content (AvgIpc) is 3.11. The molecule has 2 fully saturated rings. The molecule has 0 radical (unpaired) electrons. The van der Waals surface area contributed by atoms with Crippen molar-refractivity contribution in [2.24, 2.45) is 13.0 Å². The summed E-state index contributed by atoms with van der Waals surface area (Å²) in [5.41, 5.74) is 3.32. The highest BCUT2D eigenvalue weighted by molar-refractivity contribution is 5.92. The van der Waals surface area contributed by atoms with E-state index in [0.29, 0.717) is 23.2 Å². The number of likely N-dealkylation sites (tertiary alicyclic amines) is 2. The van der Waals surface area contributed by atoms with E-state index in [2.05, 4.69) is 14.9 Å². The predicted molar refractivity (Wildman–Crippen MR) is 113 cm³/mol. The molecule has 1 aromatic carbocycles. The molecule has 1 amide bonds. The maximum absolute atomic E-state index is 13.1. The smallest absolute Gasteiger partial charge is 0.337 e. The van der Waals surface area contributed by atoms with E-state index < -0.39 is 0 Å². The number of aryl methyl sites for hydroxylation is 2. The van der Waals surface area contributed by atoms with Gasteiger partial charge in [-0.2, -0.15) is 5.10 Å². The van der Waals surface area contributed by atoms with E-state index >= 15 is 0 Å². The molecule has 7 heteroatoms. The quantitative estimate of drug-likeness (QED) is 0.725. The zero-order valence-corrected chi connectivity index (χ0v) is 18.0. The van der Waals surface area contributed by atoms with E-state index in [1.807, 2.05) is 44.3 Å². The fraction of sp³-hybridized carbons (Fsp3) is 0.522. The predicted octanol–water partition coefficient (Wildman–Crippen LogP) is 2.64. The minimum atomic E-state index is -0.308. The van der Waals surface area contributed by atoms with E-state index in [1.54, 1.807) is 4.68 Å². The lowest BCUT2D eigenvalue weighted by Crippen LogP contribution is -2.55. The fourth-order valence-electron chi connectivity index (χ4n) is 4.81. The van der Waals surface area contributed by atoms with Crippen LogP contribution in [0.25, 0.3) is 0 Å². The molecule has 0 aliphatic carbocycles. The summed E-state index contributed by atoms with van der Waals surface area (Å²) in [4.78, 5) is 29.2. The van der Waals surface area contributed by atoms with Crippen LogP contribution < -0.4 is 0 Å². The van der Waals surface area contributed by atoms with E-state index in [1.165, 1.54) is 12.7 Å². The van der Waals surface area contributed by atoms with Gasteiger partial charge in [0.05, 0.1) is 12.7 Å². The lowest BCUT2D eigenvalue weighted by atomic mass is 9.83. The number of benzene rings is 1. The maximum Gasteiger partial charge on any atom is 0.337 e. The van der Waals surface area contributed by atoms with E-state index in [0.717, 1.165) is 51.1 Å². The van der Waals surface area contributed by atoms with Gasteiger partial charge in [-0.3, -0.25) is 14.4 Å². The summed E-state index contributed by atoms with van der Waals surface area (Å²) < 4.78 is 6.53. The summed E-state index contributed by atoms with van der Waals surface area (Å²) in [5.74, 6) is 0.258. The van der Waals surface area contributed by atoms with Crippen LogP contribution in [0.1, 0.15) is 51.4 Å². The van der Waals surface area contributed by atoms with Crippen LogP contribution in [0.2, 0.25) is 0 Å². The minimum absolute atomic E-state index is 0.0697. The Morgan fingerprint density at radius 2 is 1.93 bits per heavy atom. The van der Waals surface area contributed by atoms with Crippen molar-refractivity contribution >= 4 is 11.9 Å². The van der Waals surface area contributed by atoms with Crippen molar-refractivity contribution < 1.29 is 14.3 Å². The standard InChI is InChI=1S/C23H30N4O3/c1-16-13-20(24-25(16)2)22(28)27-11-4-5-19-15-26(12-10-21(19)27)14-17-6-8-18(9-7-17)23(29)30-3/h6-9,13,19,21H,4-5,10-12,14-15H2,1-3H3/t19-,21+/m1/s1. The number of methoxy groups -OCH3 is 1. The monoisotopic (exact) mass is 410 g/mol. The number of amides is 1. The average molecular weight is 411 g/mol. The molecule has 2 aliphatic rings. The molecule has 0 N–H and O–H groups in total. The Kier molecular flexibility index (Phi) is 5.90. The van der Waals surface area contributed by atoms with Gasteiger partial charge in [-0.15, -0.1) is 0 Å². The Hall–Kier alpha value is -2.67. The van der Waals surface area contributed by atoms with Crippen LogP contribution in [0.15, 0.2) is 30.3 Å². The molecule has 2 saturated heterocycles. The van der Waals surface area contributed by atoms with Crippen LogP contribution in [0, 0.1) is 12.8 Å². The second kappa shape index (κ2) is 8.60. The molecule has 2 aromatic rings. The minimum Gasteiger partial charge on any atom is -0.465 e. The van der Waals surface area contributed by atoms with Gasteiger partial charge in [-0.05, 0) is 55.9 Å². The number of carbonyl (C=O) groups is 2. The first kappa shape index (κ1) is 20.6. The maximum atomic E-state index is 13.1. The number of esters is 1. The molecule has 4 rings (SSSR count). The third kappa shape index (κ3) is 4.12. The first-order valence-corrected chi connectivity index (χ1v) is 10.7. The number of hydrogen-bond donors (Lipinski definition) is 0. The van der Waals surface area contributed by atoms with Gasteiger partial charge >= 0.3 is 5.97 Å². The summed E-state index contributed by atoms with van der Waals surface area (Å²) in [5, 5.41) is 4.40. The van der Waals surface area contributed by atoms with E-state index in [9.17, 15) is 9.59 Å². The fourth-order valence-corrected chi connectivity index (χ4v) is 4.81. The van der Waals surface area contributed by atoms with Crippen LogP contribution in [0.3, 0.4) is 0 Å². The van der Waals surface area contributed by atoms with Gasteiger partial charge in [-0.25, -0.2) is 4.79 Å². The molecule has 2 aliphatic heterocycles. The Balaban J connectivity index is 1.39. The zero-order chi connectivity index (χ0) is 21.3. The van der Waals surface area contributed by atoms with Crippen LogP contribution >= 0.6 is 0 Å². The first-order valence-electron chi connectivity index (χ1n) is 10.7. The number of carbonyl (C=O) groups excluding carboxylic acids is 2. The number of ether oxygens (including phenoxy) is 1. The highest BCUT2D eigenvalue weighted by atomic mass is 16.5. The molecule has 0 unspecified atom stereocenters. The highest BCUT2D eigenvalue weighted by Crippen LogP contribution is 2.32. The second-order valence-corrected chi connectivity index (χ2v) is 8.48. The van der Waals surface area contributed by atoms with Crippen LogP contribution in [0.4, 0.5) is 0 Å². The van der Waals surface area contributed by atoms with Crippen molar-refractivity contribution in [3.8, 4) is 0 Å². The number of piperidine rings is 2. The molecular formula is C23H30N4O3. The summed E-state index contributed by atoms with van der Waals surface area (Å²) in [6.07, 6.45) is 3.19. The molecule has 0 bridgehead atoms. The van der Waals surface area contributed by atoms with Crippen molar-refractivity contribution in [1.82, 2.24) is 19.6 Å². The molecule has 0 spiro atoms. The molecule has 1 aromatic heterocycles. The Morgan fingerprint density at radius 3 is 2.60 bits per heavy atom. The molecule has 30 heavy (non-hydrogen) atoms. The summed E-state index contributed by atoms with van der Waals surface area (Å²) in [6.45, 7) is 5.61. The van der Waals surface area contributed by atoms with Gasteiger partial charge in [-0.1, -0.05) is 12.1 Å². The van der Waals surface area contributed by atoms with Gasteiger partial charge in [0.15, 0.2) is 5.69 Å². The molecule has 2 atom stereocenters. The zero-order valence-electron chi connectivity index (χ0n) is 18.0. The van der Waals surface area contributed by atoms with Gasteiger partial charge in [0.2, 0.25) is 0 Å². The molecular weight excluding hydrogens is 380 g/mol. The van der Waals surface area contributed by atoms with Gasteiger partial charge in [0.25, 0.3) is 5.91 Å². The SMILES string of the molecule is COC(=O)c1ccc(CN2CC[C@H]3[C@H](CCCN3C(=O)c3cc(C)n(C)n3)C2)cc1. The number of nitrogens with zero attached hydrogens (tertiary/aromatic N) is 4. The van der Waals surface area contributed by atoms with Crippen LogP contribution in [0.5, 0.6) is 0 Å². The van der Waals surface area contributed by atoms with Crippen molar-refractivity contribution in [3.63, 3.8) is 0 Å². The summed E-state index contributed by atoms with van der Waals surface area (Å²) >= 11 is 0. The number of hydrogen-bond acceptors (Lipinski definition) is 5. The van der Waals surface area contributed by atoms with Crippen molar-refractivity contribution in [3.05, 3.63) is 52.8 Å². The molecule has 0 saturated carbocycles. The summed E-state index contributed by atoms with van der Waals surface area (Å²) in [6, 6.07) is 9.83. The molecule has 160 valence electrons. The van der Waals surface area contributed by atoms with Crippen molar-refractivity contribution in [2.75, 3.05) is 26.7 Å². The Bertz CT molecular complexity index is 902. The van der Waals surface area contributed by atoms with Crippen molar-refractivity contribution in [2.45, 2.75) is 38.8 Å². The Morgan fingerprint density at radius 1 is 1.17 bits per heavy atom. The number of fused-ring (bicyclic) bond motifs is 1. The normalized spacial score (nSPS) is 21.9. The first-order chi connectivity index (χ1) is 14.5. The second-order valence-electron chi connectivity index (χ2n) is 8.48. The lowest BCUT2D eigenvalue weighted by Gasteiger charge is -2.47. The van der Waals surface area contributed by atoms with Gasteiger partial charge in [0, 0.05) is 45.0 Å². The number of rotatable bonds is 4. The van der Waals surface area contributed by atoms with E-state index in [4.69, 9.17) is 4.74 Å². The van der Waals surface area contributed by atoms with Gasteiger partial charge < -0.3 is 9.64 Å². The molecule has 3 heterocycles. The lowest BCUT2D eigenvalue weighted by molar-refractivity contribution is 0.0179. The van der Waals surface area contributed by atoms with E-state index in [-0.39, 0.29) is 11.9 Å². The Labute approximate surface area is 177 Å². The van der Waals surface area contributed by atoms with Crippen LogP contribution in [-0.4, -0.2) is 64.2 Å². The third-order valence-electron chi connectivity index (χ3n) is 6.53. The summed E-state index contributed by atoms with van der Waals surface area (Å²) in [7, 11) is 3.27. The largest absolute Gasteiger partial charge is 0.465 e. The molecule has 7 nitrogen and oxygen atoms in total.